The van der Waals surface area contributed by atoms with Crippen LogP contribution in [0.4, 0.5) is 4.79 Å². The van der Waals surface area contributed by atoms with Crippen molar-refractivity contribution in [3.8, 4) is 0 Å². The molecule has 1 aliphatic carbocycles. The number of carbonyl (C=O) groups is 2. The molecule has 0 radical (unpaired) electrons. The van der Waals surface area contributed by atoms with Crippen LogP contribution in [0.25, 0.3) is 0 Å². The van der Waals surface area contributed by atoms with Gasteiger partial charge in [0, 0.05) is 12.6 Å². The van der Waals surface area contributed by atoms with Crippen LogP contribution in [0.5, 0.6) is 0 Å². The molecule has 1 fully saturated rings. The van der Waals surface area contributed by atoms with Gasteiger partial charge < -0.3 is 15.7 Å². The minimum Gasteiger partial charge on any atom is -0.481 e. The van der Waals surface area contributed by atoms with E-state index in [0.717, 1.165) is 0 Å². The Morgan fingerprint density at radius 3 is 2.47 bits per heavy atom. The maximum atomic E-state index is 11.3. The van der Waals surface area contributed by atoms with Gasteiger partial charge in [-0.3, -0.25) is 4.79 Å². The third-order valence-electron chi connectivity index (χ3n) is 2.75. The first kappa shape index (κ1) is 11.8. The average molecular weight is 214 g/mol. The van der Waals surface area contributed by atoms with Crippen LogP contribution in [0.15, 0.2) is 0 Å². The lowest BCUT2D eigenvalue weighted by atomic mass is 10.0. The molecular weight excluding hydrogens is 196 g/mol. The van der Waals surface area contributed by atoms with E-state index in [4.69, 9.17) is 5.11 Å². The first-order valence-corrected chi connectivity index (χ1v) is 5.28. The number of carboxylic acids is 1. The van der Waals surface area contributed by atoms with Gasteiger partial charge in [-0.2, -0.15) is 0 Å². The highest BCUT2D eigenvalue weighted by Gasteiger charge is 2.23. The predicted octanol–water partition coefficient (Wildman–Crippen LogP) is 0.805. The largest absolute Gasteiger partial charge is 0.481 e. The Morgan fingerprint density at radius 2 is 2.00 bits per heavy atom. The monoisotopic (exact) mass is 214 g/mol. The minimum atomic E-state index is -0.898. The van der Waals surface area contributed by atoms with E-state index in [-0.39, 0.29) is 12.1 Å². The maximum Gasteiger partial charge on any atom is 0.315 e. The van der Waals surface area contributed by atoms with Crippen molar-refractivity contribution in [2.24, 2.45) is 11.8 Å². The zero-order chi connectivity index (χ0) is 11.4. The zero-order valence-electron chi connectivity index (χ0n) is 9.12. The van der Waals surface area contributed by atoms with E-state index in [0.29, 0.717) is 12.5 Å². The van der Waals surface area contributed by atoms with Crippen molar-refractivity contribution in [2.45, 2.75) is 32.7 Å². The number of nitrogens with one attached hydrogen (secondary N) is 2. The number of urea groups is 1. The molecule has 1 saturated carbocycles. The van der Waals surface area contributed by atoms with Gasteiger partial charge in [-0.05, 0) is 32.6 Å². The van der Waals surface area contributed by atoms with Crippen LogP contribution in [-0.4, -0.2) is 29.7 Å². The van der Waals surface area contributed by atoms with Crippen LogP contribution in [-0.2, 0) is 4.79 Å². The van der Waals surface area contributed by atoms with Crippen molar-refractivity contribution in [3.05, 3.63) is 0 Å². The molecule has 86 valence electrons. The van der Waals surface area contributed by atoms with E-state index in [1.807, 2.05) is 0 Å². The number of rotatable bonds is 5. The molecule has 0 bridgehead atoms. The summed E-state index contributed by atoms with van der Waals surface area (Å²) >= 11 is 0. The summed E-state index contributed by atoms with van der Waals surface area (Å²) in [6.07, 6.45) is 2.36. The first-order valence-electron chi connectivity index (χ1n) is 5.28. The molecule has 0 aromatic heterocycles. The van der Waals surface area contributed by atoms with E-state index >= 15 is 0 Å². The molecule has 0 aromatic carbocycles. The molecule has 1 rings (SSSR count). The number of hydrogen-bond acceptors (Lipinski definition) is 2. The van der Waals surface area contributed by atoms with Gasteiger partial charge in [0.15, 0.2) is 0 Å². The third-order valence-corrected chi connectivity index (χ3v) is 2.75. The normalized spacial score (nSPS) is 19.1. The van der Waals surface area contributed by atoms with Gasteiger partial charge in [0.05, 0.1) is 5.92 Å². The van der Waals surface area contributed by atoms with E-state index in [2.05, 4.69) is 10.6 Å². The number of aliphatic carboxylic acids is 1. The number of hydrogen-bond donors (Lipinski definition) is 3. The van der Waals surface area contributed by atoms with Crippen LogP contribution in [0.2, 0.25) is 0 Å². The van der Waals surface area contributed by atoms with Crippen LogP contribution < -0.4 is 10.6 Å². The lowest BCUT2D eigenvalue weighted by molar-refractivity contribution is -0.141. The van der Waals surface area contributed by atoms with Gasteiger partial charge in [0.25, 0.3) is 0 Å². The molecule has 5 heteroatoms. The number of carbonyl (C=O) groups excluding carboxylic acids is 1. The second-order valence-corrected chi connectivity index (χ2v) is 4.21. The number of carboxylic acid groups (broad SMARTS) is 1. The van der Waals surface area contributed by atoms with Gasteiger partial charge in [-0.15, -0.1) is 0 Å². The van der Waals surface area contributed by atoms with Gasteiger partial charge >= 0.3 is 12.0 Å². The molecular formula is C10H18N2O3. The van der Waals surface area contributed by atoms with Gasteiger partial charge in [0.1, 0.15) is 0 Å². The quantitative estimate of drug-likeness (QED) is 0.633. The van der Waals surface area contributed by atoms with Crippen molar-refractivity contribution in [2.75, 3.05) is 6.54 Å². The van der Waals surface area contributed by atoms with Gasteiger partial charge in [-0.1, -0.05) is 0 Å². The van der Waals surface area contributed by atoms with Crippen molar-refractivity contribution >= 4 is 12.0 Å². The van der Waals surface area contributed by atoms with E-state index < -0.39 is 11.9 Å². The Hall–Kier alpha value is -1.26. The summed E-state index contributed by atoms with van der Waals surface area (Å²) in [5.41, 5.74) is 0. The fourth-order valence-corrected chi connectivity index (χ4v) is 1.16. The van der Waals surface area contributed by atoms with E-state index in [9.17, 15) is 9.59 Å². The van der Waals surface area contributed by atoms with Crippen molar-refractivity contribution < 1.29 is 14.7 Å². The molecule has 0 saturated heterocycles. The smallest absolute Gasteiger partial charge is 0.315 e. The fourth-order valence-electron chi connectivity index (χ4n) is 1.16. The summed E-state index contributed by atoms with van der Waals surface area (Å²) in [4.78, 5) is 21.9. The average Bonchev–Trinajstić information content (AvgIpc) is 2.96. The molecule has 0 aromatic rings. The molecule has 3 N–H and O–H groups in total. The van der Waals surface area contributed by atoms with Gasteiger partial charge in [-0.25, -0.2) is 4.79 Å². The number of amides is 2. The summed E-state index contributed by atoms with van der Waals surface area (Å²) in [7, 11) is 0. The molecule has 2 amide bonds. The standard InChI is InChI=1S/C10H18N2O3/c1-6(9(13)14)7(2)12-10(15)11-5-8-3-4-8/h6-8H,3-5H2,1-2H3,(H,13,14)(H2,11,12,15). The fraction of sp³-hybridized carbons (Fsp3) is 0.800. The zero-order valence-corrected chi connectivity index (χ0v) is 9.12. The highest BCUT2D eigenvalue weighted by atomic mass is 16.4. The summed E-state index contributed by atoms with van der Waals surface area (Å²) in [5, 5.41) is 14.1. The SMILES string of the molecule is CC(NC(=O)NCC1CC1)C(C)C(=O)O. The third kappa shape index (κ3) is 4.18. The van der Waals surface area contributed by atoms with E-state index in [1.165, 1.54) is 12.8 Å². The summed E-state index contributed by atoms with van der Waals surface area (Å²) in [6, 6.07) is -0.635. The molecule has 0 spiro atoms. The van der Waals surface area contributed by atoms with Crippen molar-refractivity contribution in [1.29, 1.82) is 0 Å². The van der Waals surface area contributed by atoms with Crippen molar-refractivity contribution in [3.63, 3.8) is 0 Å². The van der Waals surface area contributed by atoms with Crippen LogP contribution in [0.1, 0.15) is 26.7 Å². The van der Waals surface area contributed by atoms with Crippen LogP contribution in [0.3, 0.4) is 0 Å². The lowest BCUT2D eigenvalue weighted by Crippen LogP contribution is -2.45. The second kappa shape index (κ2) is 5.00. The second-order valence-electron chi connectivity index (χ2n) is 4.21. The van der Waals surface area contributed by atoms with E-state index in [1.54, 1.807) is 13.8 Å². The molecule has 2 unspecified atom stereocenters. The minimum absolute atomic E-state index is 0.275. The van der Waals surface area contributed by atoms with Gasteiger partial charge in [0.2, 0.25) is 0 Å². The highest BCUT2D eigenvalue weighted by Crippen LogP contribution is 2.27. The topological polar surface area (TPSA) is 78.4 Å². The molecule has 15 heavy (non-hydrogen) atoms. The Morgan fingerprint density at radius 1 is 1.40 bits per heavy atom. The highest BCUT2D eigenvalue weighted by molar-refractivity contribution is 5.76. The maximum absolute atomic E-state index is 11.3. The van der Waals surface area contributed by atoms with Crippen molar-refractivity contribution in [1.82, 2.24) is 10.6 Å². The first-order chi connectivity index (χ1) is 7.00. The Bertz CT molecular complexity index is 251. The summed E-state index contributed by atoms with van der Waals surface area (Å²) < 4.78 is 0. The molecule has 2 atom stereocenters. The molecule has 0 aliphatic heterocycles. The summed E-state index contributed by atoms with van der Waals surface area (Å²) in [5.74, 6) is -0.843. The molecule has 0 heterocycles. The van der Waals surface area contributed by atoms with Crippen LogP contribution >= 0.6 is 0 Å². The summed E-state index contributed by atoms with van der Waals surface area (Å²) in [6.45, 7) is 3.96. The lowest BCUT2D eigenvalue weighted by Gasteiger charge is -2.17. The Balaban J connectivity index is 2.20. The molecule has 5 nitrogen and oxygen atoms in total. The van der Waals surface area contributed by atoms with Crippen LogP contribution in [0, 0.1) is 11.8 Å². The molecule has 1 aliphatic rings. The Labute approximate surface area is 89.2 Å². The predicted molar refractivity (Wildman–Crippen MR) is 55.5 cm³/mol. The Kier molecular flexibility index (Phi) is 3.94.